The summed E-state index contributed by atoms with van der Waals surface area (Å²) in [5.74, 6) is 0.878. The number of rotatable bonds is 8. The molecule has 0 atom stereocenters. The van der Waals surface area contributed by atoms with Gasteiger partial charge in [-0.25, -0.2) is 0 Å². The van der Waals surface area contributed by atoms with Gasteiger partial charge in [-0.3, -0.25) is 4.99 Å². The second kappa shape index (κ2) is 12.6. The number of hydrogen-bond donors (Lipinski definition) is 2. The van der Waals surface area contributed by atoms with E-state index in [1.54, 1.807) is 0 Å². The van der Waals surface area contributed by atoms with E-state index in [2.05, 4.69) is 65.8 Å². The summed E-state index contributed by atoms with van der Waals surface area (Å²) in [7, 11) is 5.92. The lowest BCUT2D eigenvalue weighted by Gasteiger charge is -2.14. The molecule has 126 valence electrons. The van der Waals surface area contributed by atoms with Gasteiger partial charge in [0.2, 0.25) is 0 Å². The molecule has 0 saturated carbocycles. The van der Waals surface area contributed by atoms with E-state index in [0.717, 1.165) is 19.0 Å². The second-order valence-electron chi connectivity index (χ2n) is 5.47. The number of halogens is 1. The minimum absolute atomic E-state index is 0. The van der Waals surface area contributed by atoms with Crippen LogP contribution in [-0.4, -0.2) is 33.6 Å². The number of nitrogens with zero attached hydrogens (tertiary/aromatic N) is 2. The van der Waals surface area contributed by atoms with Crippen molar-refractivity contribution in [3.63, 3.8) is 0 Å². The quantitative estimate of drug-likeness (QED) is 0.293. The molecular formula is C17H31IN4. The van der Waals surface area contributed by atoms with E-state index in [0.29, 0.717) is 0 Å². The summed E-state index contributed by atoms with van der Waals surface area (Å²) in [6, 6.07) is 8.57. The summed E-state index contributed by atoms with van der Waals surface area (Å²) in [5, 5.41) is 6.71. The monoisotopic (exact) mass is 418 g/mol. The molecule has 0 bridgehead atoms. The molecule has 4 nitrogen and oxygen atoms in total. The Morgan fingerprint density at radius 1 is 1.05 bits per heavy atom. The summed E-state index contributed by atoms with van der Waals surface area (Å²) in [4.78, 5) is 6.36. The average molecular weight is 418 g/mol. The van der Waals surface area contributed by atoms with Gasteiger partial charge >= 0.3 is 0 Å². The van der Waals surface area contributed by atoms with E-state index in [4.69, 9.17) is 0 Å². The lowest BCUT2D eigenvalue weighted by Crippen LogP contribution is -2.37. The molecule has 1 aromatic rings. The summed E-state index contributed by atoms with van der Waals surface area (Å²) in [5.41, 5.74) is 2.48. The number of unbranched alkanes of at least 4 members (excludes halogenated alkanes) is 3. The van der Waals surface area contributed by atoms with Crippen molar-refractivity contribution in [2.75, 3.05) is 32.6 Å². The van der Waals surface area contributed by atoms with E-state index < -0.39 is 0 Å². The third kappa shape index (κ3) is 8.46. The zero-order chi connectivity index (χ0) is 15.5. The first-order chi connectivity index (χ1) is 10.2. The highest BCUT2D eigenvalue weighted by Crippen LogP contribution is 2.11. The minimum atomic E-state index is 0. The third-order valence-corrected chi connectivity index (χ3v) is 3.46. The van der Waals surface area contributed by atoms with Crippen molar-refractivity contribution in [2.24, 2.45) is 4.99 Å². The van der Waals surface area contributed by atoms with Crippen LogP contribution in [0.3, 0.4) is 0 Å². The first kappa shape index (κ1) is 21.0. The lowest BCUT2D eigenvalue weighted by molar-refractivity contribution is 0.647. The van der Waals surface area contributed by atoms with Crippen LogP contribution in [0.5, 0.6) is 0 Å². The molecule has 0 aromatic heterocycles. The van der Waals surface area contributed by atoms with Crippen LogP contribution >= 0.6 is 24.0 Å². The largest absolute Gasteiger partial charge is 0.378 e. The Morgan fingerprint density at radius 2 is 1.73 bits per heavy atom. The molecule has 1 rings (SSSR count). The van der Waals surface area contributed by atoms with Crippen molar-refractivity contribution in [1.29, 1.82) is 0 Å². The average Bonchev–Trinajstić information content (AvgIpc) is 2.50. The van der Waals surface area contributed by atoms with Crippen molar-refractivity contribution < 1.29 is 0 Å². The Kier molecular flexibility index (Phi) is 12.0. The van der Waals surface area contributed by atoms with Crippen molar-refractivity contribution in [3.8, 4) is 0 Å². The Morgan fingerprint density at radius 3 is 2.27 bits per heavy atom. The normalized spacial score (nSPS) is 10.8. The van der Waals surface area contributed by atoms with E-state index in [1.807, 2.05) is 7.05 Å². The Hall–Kier alpha value is -0.980. The number of guanidine groups is 1. The molecule has 0 aliphatic heterocycles. The summed E-state index contributed by atoms with van der Waals surface area (Å²) >= 11 is 0. The molecule has 0 spiro atoms. The van der Waals surface area contributed by atoms with Gasteiger partial charge in [0, 0.05) is 39.9 Å². The van der Waals surface area contributed by atoms with Gasteiger partial charge in [0.15, 0.2) is 5.96 Å². The van der Waals surface area contributed by atoms with Gasteiger partial charge in [-0.1, -0.05) is 38.3 Å². The maximum atomic E-state index is 4.25. The molecule has 0 aliphatic rings. The Balaban J connectivity index is 0.00000441. The van der Waals surface area contributed by atoms with Crippen LogP contribution < -0.4 is 15.5 Å². The van der Waals surface area contributed by atoms with E-state index in [-0.39, 0.29) is 24.0 Å². The molecule has 0 unspecified atom stereocenters. The lowest BCUT2D eigenvalue weighted by atomic mass is 10.2. The summed E-state index contributed by atoms with van der Waals surface area (Å²) in [6.45, 7) is 4.01. The smallest absolute Gasteiger partial charge is 0.191 e. The maximum Gasteiger partial charge on any atom is 0.191 e. The topological polar surface area (TPSA) is 39.7 Å². The van der Waals surface area contributed by atoms with Crippen molar-refractivity contribution in [3.05, 3.63) is 29.8 Å². The van der Waals surface area contributed by atoms with E-state index >= 15 is 0 Å². The van der Waals surface area contributed by atoms with Crippen LogP contribution in [0.4, 0.5) is 5.69 Å². The van der Waals surface area contributed by atoms with Crippen LogP contribution in [0.2, 0.25) is 0 Å². The third-order valence-electron chi connectivity index (χ3n) is 3.46. The second-order valence-corrected chi connectivity index (χ2v) is 5.47. The van der Waals surface area contributed by atoms with Crippen molar-refractivity contribution in [2.45, 2.75) is 39.2 Å². The van der Waals surface area contributed by atoms with Crippen molar-refractivity contribution >= 4 is 35.6 Å². The molecule has 5 heteroatoms. The van der Waals surface area contributed by atoms with Crippen molar-refractivity contribution in [1.82, 2.24) is 10.6 Å². The fourth-order valence-electron chi connectivity index (χ4n) is 2.08. The zero-order valence-corrected chi connectivity index (χ0v) is 16.7. The van der Waals surface area contributed by atoms with E-state index in [9.17, 15) is 0 Å². The maximum absolute atomic E-state index is 4.25. The summed E-state index contributed by atoms with van der Waals surface area (Å²) in [6.07, 6.45) is 5.07. The van der Waals surface area contributed by atoms with Crippen LogP contribution in [0.25, 0.3) is 0 Å². The fourth-order valence-corrected chi connectivity index (χ4v) is 2.08. The van der Waals surface area contributed by atoms with Crippen LogP contribution in [0.1, 0.15) is 38.2 Å². The molecule has 0 heterocycles. The zero-order valence-electron chi connectivity index (χ0n) is 14.4. The predicted molar refractivity (Wildman–Crippen MR) is 109 cm³/mol. The van der Waals surface area contributed by atoms with E-state index in [1.165, 1.54) is 36.9 Å². The van der Waals surface area contributed by atoms with Crippen LogP contribution in [-0.2, 0) is 6.54 Å². The van der Waals surface area contributed by atoms with Crippen LogP contribution in [0, 0.1) is 0 Å². The van der Waals surface area contributed by atoms with Crippen LogP contribution in [0.15, 0.2) is 29.3 Å². The first-order valence-electron chi connectivity index (χ1n) is 7.88. The summed E-state index contributed by atoms with van der Waals surface area (Å²) < 4.78 is 0. The van der Waals surface area contributed by atoms with Gasteiger partial charge in [0.05, 0.1) is 0 Å². The predicted octanol–water partition coefficient (Wildman–Crippen LogP) is 3.62. The standard InChI is InChI=1S/C17H30N4.HI/c1-5-6-7-8-13-19-17(18-2)20-14-15-9-11-16(12-10-15)21(3)4;/h9-12H,5-8,13-14H2,1-4H3,(H2,18,19,20);1H. The Labute approximate surface area is 152 Å². The fraction of sp³-hybridized carbons (Fsp3) is 0.588. The molecule has 0 fully saturated rings. The van der Waals surface area contributed by atoms with Gasteiger partial charge in [0.25, 0.3) is 0 Å². The number of hydrogen-bond acceptors (Lipinski definition) is 2. The number of nitrogens with one attached hydrogen (secondary N) is 2. The molecular weight excluding hydrogens is 387 g/mol. The highest BCUT2D eigenvalue weighted by Gasteiger charge is 1.99. The highest BCUT2D eigenvalue weighted by atomic mass is 127. The first-order valence-corrected chi connectivity index (χ1v) is 7.88. The van der Waals surface area contributed by atoms with Gasteiger partial charge < -0.3 is 15.5 Å². The highest BCUT2D eigenvalue weighted by molar-refractivity contribution is 14.0. The molecule has 2 N–H and O–H groups in total. The minimum Gasteiger partial charge on any atom is -0.378 e. The van der Waals surface area contributed by atoms with Gasteiger partial charge in [-0.2, -0.15) is 0 Å². The number of benzene rings is 1. The molecule has 0 aliphatic carbocycles. The SMILES string of the molecule is CCCCCCNC(=NC)NCc1ccc(N(C)C)cc1.I. The molecule has 0 radical (unpaired) electrons. The molecule has 0 saturated heterocycles. The molecule has 1 aromatic carbocycles. The van der Waals surface area contributed by atoms with Gasteiger partial charge in [-0.05, 0) is 24.1 Å². The number of anilines is 1. The molecule has 0 amide bonds. The van der Waals surface area contributed by atoms with Gasteiger partial charge in [0.1, 0.15) is 0 Å². The number of aliphatic imine (C=N–C) groups is 1. The van der Waals surface area contributed by atoms with Gasteiger partial charge in [-0.15, -0.1) is 24.0 Å². The Bertz CT molecular complexity index is 415. The molecule has 22 heavy (non-hydrogen) atoms.